The third-order valence-corrected chi connectivity index (χ3v) is 4.01. The molecule has 2 N–H and O–H groups in total. The van der Waals surface area contributed by atoms with Crippen LogP contribution in [0.1, 0.15) is 50.2 Å². The first-order chi connectivity index (χ1) is 13.3. The van der Waals surface area contributed by atoms with Crippen molar-refractivity contribution >= 4 is 5.97 Å². The van der Waals surface area contributed by atoms with Crippen LogP contribution in [0, 0.1) is 5.92 Å². The van der Waals surface area contributed by atoms with E-state index in [1.165, 1.54) is 0 Å². The Hall–Kier alpha value is -2.80. The maximum Gasteiger partial charge on any atom is 0.306 e. The first-order valence-electron chi connectivity index (χ1n) is 9.20. The average Bonchev–Trinajstić information content (AvgIpc) is 2.67. The van der Waals surface area contributed by atoms with Crippen LogP contribution in [0.2, 0.25) is 0 Å². The lowest BCUT2D eigenvalue weighted by Gasteiger charge is -2.18. The zero-order valence-electron chi connectivity index (χ0n) is 16.3. The molecule has 1 aromatic heterocycles. The second-order valence-corrected chi connectivity index (χ2v) is 6.78. The van der Waals surface area contributed by atoms with Gasteiger partial charge in [-0.1, -0.05) is 26.0 Å². The lowest BCUT2D eigenvalue weighted by atomic mass is 9.92. The molecular weight excluding hydrogens is 364 g/mol. The molecule has 152 valence electrons. The molecule has 1 atom stereocenters. The fourth-order valence-electron chi connectivity index (χ4n) is 2.68. The summed E-state index contributed by atoms with van der Waals surface area (Å²) >= 11 is 0. The summed E-state index contributed by atoms with van der Waals surface area (Å²) in [6.07, 6.45) is -0.134. The number of rotatable bonds is 9. The van der Waals surface area contributed by atoms with Crippen molar-refractivity contribution in [3.05, 3.63) is 57.6 Å². The molecule has 7 heteroatoms. The van der Waals surface area contributed by atoms with Gasteiger partial charge in [0.15, 0.2) is 5.76 Å². The SMILES string of the molecule is CCOC(=O)C[C@H](c1ccc(OCC(C)C)cc1)c1oc(CO)cc(=O)c1O. The van der Waals surface area contributed by atoms with Gasteiger partial charge in [-0.3, -0.25) is 9.59 Å². The molecule has 28 heavy (non-hydrogen) atoms. The molecular formula is C21H26O7. The van der Waals surface area contributed by atoms with E-state index in [4.69, 9.17) is 13.9 Å². The zero-order chi connectivity index (χ0) is 20.7. The van der Waals surface area contributed by atoms with E-state index in [0.29, 0.717) is 23.8 Å². The van der Waals surface area contributed by atoms with Crippen LogP contribution in [-0.4, -0.2) is 29.4 Å². The van der Waals surface area contributed by atoms with E-state index < -0.39 is 29.7 Å². The van der Waals surface area contributed by atoms with Crippen LogP contribution >= 0.6 is 0 Å². The van der Waals surface area contributed by atoms with Crippen LogP contribution in [0.15, 0.2) is 39.5 Å². The number of esters is 1. The second-order valence-electron chi connectivity index (χ2n) is 6.78. The van der Waals surface area contributed by atoms with Crippen molar-refractivity contribution in [2.24, 2.45) is 5.92 Å². The first-order valence-corrected chi connectivity index (χ1v) is 9.20. The standard InChI is InChI=1S/C21H26O7/c1-4-26-19(24)10-17(21-20(25)18(23)9-16(11-22)28-21)14-5-7-15(8-6-14)27-12-13(2)3/h5-9,13,17,22,25H,4,10-12H2,1-3H3/t17-/m1/s1. The van der Waals surface area contributed by atoms with Gasteiger partial charge >= 0.3 is 5.97 Å². The molecule has 0 radical (unpaired) electrons. The van der Waals surface area contributed by atoms with Gasteiger partial charge in [0.1, 0.15) is 18.1 Å². The summed E-state index contributed by atoms with van der Waals surface area (Å²) in [5.41, 5.74) is -0.0467. The Kier molecular flexibility index (Phi) is 7.63. The Morgan fingerprint density at radius 1 is 1.21 bits per heavy atom. The van der Waals surface area contributed by atoms with Crippen molar-refractivity contribution in [1.29, 1.82) is 0 Å². The monoisotopic (exact) mass is 390 g/mol. The minimum absolute atomic E-state index is 0.00328. The molecule has 0 fully saturated rings. The minimum Gasteiger partial charge on any atom is -0.502 e. The summed E-state index contributed by atoms with van der Waals surface area (Å²) in [5, 5.41) is 19.5. The van der Waals surface area contributed by atoms with Gasteiger partial charge in [0.2, 0.25) is 11.2 Å². The van der Waals surface area contributed by atoms with Gasteiger partial charge in [-0.25, -0.2) is 0 Å². The molecule has 0 saturated carbocycles. The van der Waals surface area contributed by atoms with Crippen LogP contribution in [0.4, 0.5) is 0 Å². The van der Waals surface area contributed by atoms with Crippen molar-refractivity contribution in [2.45, 2.75) is 39.7 Å². The number of aliphatic hydroxyl groups excluding tert-OH is 1. The highest BCUT2D eigenvalue weighted by Crippen LogP contribution is 2.34. The molecule has 0 saturated heterocycles. The van der Waals surface area contributed by atoms with Gasteiger partial charge < -0.3 is 24.1 Å². The number of hydrogen-bond donors (Lipinski definition) is 2. The number of hydrogen-bond acceptors (Lipinski definition) is 7. The number of aliphatic hydroxyl groups is 1. The highest BCUT2D eigenvalue weighted by Gasteiger charge is 2.26. The van der Waals surface area contributed by atoms with Gasteiger partial charge in [0.05, 0.1) is 25.6 Å². The van der Waals surface area contributed by atoms with Gasteiger partial charge in [-0.2, -0.15) is 0 Å². The van der Waals surface area contributed by atoms with Crippen LogP contribution in [-0.2, 0) is 16.1 Å². The van der Waals surface area contributed by atoms with Crippen LogP contribution < -0.4 is 10.2 Å². The van der Waals surface area contributed by atoms with E-state index in [1.807, 2.05) is 13.8 Å². The summed E-state index contributed by atoms with van der Waals surface area (Å²) in [5.74, 6) is -0.872. The van der Waals surface area contributed by atoms with E-state index >= 15 is 0 Å². The predicted octanol–water partition coefficient (Wildman–Crippen LogP) is 2.96. The molecule has 2 rings (SSSR count). The smallest absolute Gasteiger partial charge is 0.306 e. The van der Waals surface area contributed by atoms with Crippen molar-refractivity contribution in [3.8, 4) is 11.5 Å². The summed E-state index contributed by atoms with van der Waals surface area (Å²) in [4.78, 5) is 24.1. The van der Waals surface area contributed by atoms with Gasteiger partial charge in [-0.15, -0.1) is 0 Å². The van der Waals surface area contributed by atoms with E-state index in [0.717, 1.165) is 6.07 Å². The Labute approximate surface area is 163 Å². The highest BCUT2D eigenvalue weighted by atomic mass is 16.5. The maximum atomic E-state index is 12.1. The molecule has 1 heterocycles. The van der Waals surface area contributed by atoms with Gasteiger partial charge in [-0.05, 0) is 30.5 Å². The van der Waals surface area contributed by atoms with Crippen LogP contribution in [0.3, 0.4) is 0 Å². The van der Waals surface area contributed by atoms with Crippen molar-refractivity contribution in [1.82, 2.24) is 0 Å². The van der Waals surface area contributed by atoms with Gasteiger partial charge in [0, 0.05) is 6.07 Å². The Balaban J connectivity index is 2.41. The summed E-state index contributed by atoms with van der Waals surface area (Å²) in [6.45, 7) is 6.06. The van der Waals surface area contributed by atoms with Crippen molar-refractivity contribution in [3.63, 3.8) is 0 Å². The molecule has 7 nitrogen and oxygen atoms in total. The van der Waals surface area contributed by atoms with Crippen LogP contribution in [0.25, 0.3) is 0 Å². The number of carbonyl (C=O) groups is 1. The summed E-state index contributed by atoms with van der Waals surface area (Å²) in [7, 11) is 0. The summed E-state index contributed by atoms with van der Waals surface area (Å²) < 4.78 is 16.2. The minimum atomic E-state index is -0.752. The third-order valence-electron chi connectivity index (χ3n) is 4.01. The zero-order valence-corrected chi connectivity index (χ0v) is 16.3. The van der Waals surface area contributed by atoms with E-state index in [9.17, 15) is 19.8 Å². The largest absolute Gasteiger partial charge is 0.502 e. The van der Waals surface area contributed by atoms with Crippen molar-refractivity contribution < 1.29 is 28.9 Å². The number of benzene rings is 1. The molecule has 2 aromatic rings. The lowest BCUT2D eigenvalue weighted by molar-refractivity contribution is -0.143. The number of ether oxygens (including phenoxy) is 2. The highest BCUT2D eigenvalue weighted by molar-refractivity contribution is 5.71. The van der Waals surface area contributed by atoms with E-state index in [1.54, 1.807) is 31.2 Å². The van der Waals surface area contributed by atoms with E-state index in [2.05, 4.69) is 0 Å². The topological polar surface area (TPSA) is 106 Å². The molecule has 0 spiro atoms. The lowest BCUT2D eigenvalue weighted by Crippen LogP contribution is -2.15. The average molecular weight is 390 g/mol. The normalized spacial score (nSPS) is 12.0. The Morgan fingerprint density at radius 2 is 1.89 bits per heavy atom. The van der Waals surface area contributed by atoms with Gasteiger partial charge in [0.25, 0.3) is 0 Å². The molecule has 0 amide bonds. The van der Waals surface area contributed by atoms with Crippen molar-refractivity contribution in [2.75, 3.05) is 13.2 Å². The molecule has 0 aliphatic carbocycles. The second kappa shape index (κ2) is 9.94. The molecule has 1 aromatic carbocycles. The number of carbonyl (C=O) groups excluding carboxylic acids is 1. The Morgan fingerprint density at radius 3 is 2.46 bits per heavy atom. The van der Waals surface area contributed by atoms with E-state index in [-0.39, 0.29) is 24.5 Å². The quantitative estimate of drug-likeness (QED) is 0.634. The molecule has 0 aliphatic rings. The predicted molar refractivity (Wildman–Crippen MR) is 102 cm³/mol. The molecule has 0 bridgehead atoms. The molecule has 0 unspecified atom stereocenters. The molecule has 0 aliphatic heterocycles. The Bertz CT molecular complexity index is 837. The summed E-state index contributed by atoms with van der Waals surface area (Å²) in [6, 6.07) is 8.00. The number of aromatic hydroxyl groups is 1. The maximum absolute atomic E-state index is 12.1. The van der Waals surface area contributed by atoms with Crippen LogP contribution in [0.5, 0.6) is 11.5 Å². The third kappa shape index (κ3) is 5.60. The fraction of sp³-hybridized carbons (Fsp3) is 0.429. The first kappa shape index (κ1) is 21.5. The fourth-order valence-corrected chi connectivity index (χ4v) is 2.68.